The number of carbonyl (C=O) groups excluding carboxylic acids is 6. The molecule has 0 saturated carbocycles. The molecule has 22 heteroatoms. The highest BCUT2D eigenvalue weighted by Crippen LogP contribution is 2.39. The van der Waals surface area contributed by atoms with Crippen LogP contribution < -0.4 is 29.9 Å². The Kier molecular flexibility index (Phi) is 13.1. The zero-order chi connectivity index (χ0) is 46.8. The van der Waals surface area contributed by atoms with E-state index >= 15 is 13.2 Å². The quantitative estimate of drug-likeness (QED) is 0.0583. The first kappa shape index (κ1) is 46.1. The number of fused-ring (bicyclic) bond motifs is 1. The van der Waals surface area contributed by atoms with Crippen LogP contribution in [0.3, 0.4) is 0 Å². The third kappa shape index (κ3) is 9.05. The predicted molar refractivity (Wildman–Crippen MR) is 216 cm³/mol. The number of rotatable bonds is 13. The van der Waals surface area contributed by atoms with Gasteiger partial charge < -0.3 is 29.4 Å². The van der Waals surface area contributed by atoms with Gasteiger partial charge in [0.1, 0.15) is 35.9 Å². The topological polar surface area (TPSA) is 191 Å². The smallest absolute Gasteiger partial charge is 0.420 e. The Labute approximate surface area is 364 Å². The number of amides is 5. The maximum atomic E-state index is 15.7. The van der Waals surface area contributed by atoms with E-state index in [0.29, 0.717) is 6.29 Å². The van der Waals surface area contributed by atoms with E-state index in [-0.39, 0.29) is 65.6 Å². The normalized spacial score (nSPS) is 14.9. The number of nitrogens with one attached hydrogen (secondary N) is 2. The lowest BCUT2D eigenvalue weighted by molar-refractivity contribution is -0.140. The second kappa shape index (κ2) is 18.1. The molecule has 4 aromatic rings. The van der Waals surface area contributed by atoms with Crippen LogP contribution >= 0.6 is 12.2 Å². The van der Waals surface area contributed by atoms with Gasteiger partial charge in [-0.3, -0.25) is 39.2 Å². The molecule has 332 valence electrons. The summed E-state index contributed by atoms with van der Waals surface area (Å²) in [6.07, 6.45) is -3.89. The number of pyridine rings is 1. The standard InChI is InChI=1S/C42H33F6N7O8S/c1-41(2,20-56)55(40(64)53(3)27-9-7-22(17-49)34(35(27)45)42(46,47)48)23-16-26(44)36(51-18-23)21-8-11-29(25(43)15-21)62-14-13-50-32(58)19-63-30-6-4-5-24-33(30)39(61)54(38(24)60)28-10-12-31(57)52-37(28)59/h4-9,11,15-16,18,20,28H,10,12-14,19H2,1-3H3,(H,50,58)(H,52,57,59). The number of nitriles is 1. The lowest BCUT2D eigenvalue weighted by Gasteiger charge is -2.39. The van der Waals surface area contributed by atoms with E-state index in [1.165, 1.54) is 50.2 Å². The number of benzene rings is 3. The Morgan fingerprint density at radius 1 is 1.03 bits per heavy atom. The van der Waals surface area contributed by atoms with Crippen LogP contribution in [-0.4, -0.2) is 89.2 Å². The molecule has 1 fully saturated rings. The molecular formula is C42H33F6N7O8S. The summed E-state index contributed by atoms with van der Waals surface area (Å²) < 4.78 is 98.4. The highest BCUT2D eigenvalue weighted by atomic mass is 32.1. The SMILES string of the molecule is CN(C(=S)N(c1cnc(-c2ccc(OCCNC(=O)COc3cccc4c3C(=O)N(C3CCC(=O)NC3=O)C4=O)c(F)c2)c(F)c1)C(C)(C)C=O)c1ccc(C#N)c(C(F)(F)F)c1F. The zero-order valence-corrected chi connectivity index (χ0v) is 34.5. The average molecular weight is 910 g/mol. The van der Waals surface area contributed by atoms with E-state index in [2.05, 4.69) is 15.6 Å². The summed E-state index contributed by atoms with van der Waals surface area (Å²) in [5.74, 6) is -7.76. The van der Waals surface area contributed by atoms with E-state index in [1.807, 2.05) is 0 Å². The van der Waals surface area contributed by atoms with E-state index < -0.39 is 93.3 Å². The fourth-order valence-corrected chi connectivity index (χ4v) is 7.31. The van der Waals surface area contributed by atoms with Crippen molar-refractivity contribution in [3.63, 3.8) is 0 Å². The molecule has 3 aromatic carbocycles. The molecule has 1 atom stereocenters. The van der Waals surface area contributed by atoms with Gasteiger partial charge in [-0.15, -0.1) is 0 Å². The van der Waals surface area contributed by atoms with Crippen molar-refractivity contribution in [3.05, 3.63) is 100 Å². The highest BCUT2D eigenvalue weighted by Gasteiger charge is 2.46. The molecule has 5 amide bonds. The summed E-state index contributed by atoms with van der Waals surface area (Å²) in [5.41, 5.74) is -5.91. The third-order valence-corrected chi connectivity index (χ3v) is 10.4. The predicted octanol–water partition coefficient (Wildman–Crippen LogP) is 5.24. The second-order valence-electron chi connectivity index (χ2n) is 14.7. The van der Waals surface area contributed by atoms with Crippen molar-refractivity contribution in [2.75, 3.05) is 36.6 Å². The minimum absolute atomic E-state index is 0.0466. The lowest BCUT2D eigenvalue weighted by Crippen LogP contribution is -2.54. The van der Waals surface area contributed by atoms with Gasteiger partial charge in [0.25, 0.3) is 17.7 Å². The zero-order valence-electron chi connectivity index (χ0n) is 33.6. The number of piperidine rings is 1. The van der Waals surface area contributed by atoms with Crippen LogP contribution in [0.15, 0.2) is 60.8 Å². The summed E-state index contributed by atoms with van der Waals surface area (Å²) in [6, 6.07) is 10.1. The first-order valence-corrected chi connectivity index (χ1v) is 19.3. The summed E-state index contributed by atoms with van der Waals surface area (Å²) in [5, 5.41) is 13.3. The van der Waals surface area contributed by atoms with Crippen LogP contribution in [0.5, 0.6) is 11.5 Å². The van der Waals surface area contributed by atoms with Crippen molar-refractivity contribution in [2.45, 2.75) is 44.4 Å². The summed E-state index contributed by atoms with van der Waals surface area (Å²) in [6.45, 7) is 1.68. The number of halogens is 6. The Morgan fingerprint density at radius 2 is 1.77 bits per heavy atom. The molecule has 1 saturated heterocycles. The number of ether oxygens (including phenoxy) is 2. The van der Waals surface area contributed by atoms with E-state index in [1.54, 1.807) is 0 Å². The van der Waals surface area contributed by atoms with Crippen molar-refractivity contribution in [1.29, 1.82) is 5.26 Å². The van der Waals surface area contributed by atoms with Crippen molar-refractivity contribution in [3.8, 4) is 28.8 Å². The Balaban J connectivity index is 1.07. The van der Waals surface area contributed by atoms with Gasteiger partial charge in [0.05, 0.1) is 52.4 Å². The van der Waals surface area contributed by atoms with Gasteiger partial charge in [0.15, 0.2) is 34.9 Å². The number of imide groups is 2. The number of carbonyl (C=O) groups is 6. The monoisotopic (exact) mass is 909 g/mol. The van der Waals surface area contributed by atoms with Gasteiger partial charge in [-0.2, -0.15) is 18.4 Å². The van der Waals surface area contributed by atoms with Crippen molar-refractivity contribution >= 4 is 64.5 Å². The number of thiocarbonyl (C=S) groups is 1. The molecule has 0 spiro atoms. The number of hydrogen-bond acceptors (Lipinski definition) is 11. The Hall–Kier alpha value is -7.41. The lowest BCUT2D eigenvalue weighted by atomic mass is 10.0. The van der Waals surface area contributed by atoms with Crippen LogP contribution in [0.1, 0.15) is 58.5 Å². The molecule has 0 aliphatic carbocycles. The molecule has 15 nitrogen and oxygen atoms in total. The fourth-order valence-electron chi connectivity index (χ4n) is 6.87. The minimum Gasteiger partial charge on any atom is -0.489 e. The number of alkyl halides is 3. The summed E-state index contributed by atoms with van der Waals surface area (Å²) >= 11 is 5.47. The van der Waals surface area contributed by atoms with Crippen molar-refractivity contribution in [1.82, 2.24) is 20.5 Å². The average Bonchev–Trinajstić information content (AvgIpc) is 3.49. The van der Waals surface area contributed by atoms with Gasteiger partial charge in [0.2, 0.25) is 11.8 Å². The molecule has 2 N–H and O–H groups in total. The van der Waals surface area contributed by atoms with Gasteiger partial charge in [-0.1, -0.05) is 6.07 Å². The Morgan fingerprint density at radius 3 is 2.41 bits per heavy atom. The van der Waals surface area contributed by atoms with Gasteiger partial charge in [0, 0.05) is 25.1 Å². The molecule has 0 radical (unpaired) electrons. The van der Waals surface area contributed by atoms with E-state index in [0.717, 1.165) is 52.2 Å². The molecule has 2 aliphatic heterocycles. The summed E-state index contributed by atoms with van der Waals surface area (Å²) in [7, 11) is 1.11. The first-order chi connectivity index (χ1) is 30.2. The molecule has 6 rings (SSSR count). The maximum absolute atomic E-state index is 15.7. The van der Waals surface area contributed by atoms with E-state index in [4.69, 9.17) is 27.0 Å². The maximum Gasteiger partial charge on any atom is 0.420 e. The third-order valence-electron chi connectivity index (χ3n) is 9.99. The van der Waals surface area contributed by atoms with Crippen LogP contribution in [0.2, 0.25) is 0 Å². The molecule has 1 unspecified atom stereocenters. The van der Waals surface area contributed by atoms with Crippen LogP contribution in [0.4, 0.5) is 37.7 Å². The van der Waals surface area contributed by atoms with Gasteiger partial charge in [-0.25, -0.2) is 13.2 Å². The van der Waals surface area contributed by atoms with Gasteiger partial charge in [-0.05, 0) is 75.0 Å². The first-order valence-electron chi connectivity index (χ1n) is 18.9. The van der Waals surface area contributed by atoms with E-state index in [9.17, 15) is 41.9 Å². The molecule has 3 heterocycles. The highest BCUT2D eigenvalue weighted by molar-refractivity contribution is 7.80. The van der Waals surface area contributed by atoms with Gasteiger partial charge >= 0.3 is 6.18 Å². The van der Waals surface area contributed by atoms with Crippen molar-refractivity contribution in [2.24, 2.45) is 0 Å². The number of anilines is 2. The van der Waals surface area contributed by atoms with Crippen LogP contribution in [0, 0.1) is 28.8 Å². The molecule has 1 aromatic heterocycles. The largest absolute Gasteiger partial charge is 0.489 e. The van der Waals surface area contributed by atoms with Crippen molar-refractivity contribution < 1.29 is 64.6 Å². The number of hydrogen-bond donors (Lipinski definition) is 2. The Bertz CT molecular complexity index is 2670. The second-order valence-corrected chi connectivity index (χ2v) is 15.0. The molecular weight excluding hydrogens is 877 g/mol. The minimum atomic E-state index is -5.24. The summed E-state index contributed by atoms with van der Waals surface area (Å²) in [4.78, 5) is 81.6. The molecule has 64 heavy (non-hydrogen) atoms. The number of nitrogens with zero attached hydrogens (tertiary/aromatic N) is 5. The fraction of sp³-hybridized carbons (Fsp3) is 0.262. The van der Waals surface area contributed by atoms with Crippen LogP contribution in [0.25, 0.3) is 11.3 Å². The number of aldehydes is 1. The van der Waals surface area contributed by atoms with Crippen LogP contribution in [-0.2, 0) is 25.4 Å². The molecule has 2 aliphatic rings. The molecule has 0 bridgehead atoms. The number of aromatic nitrogens is 1.